The van der Waals surface area contributed by atoms with Crippen LogP contribution in [-0.2, 0) is 10.0 Å². The van der Waals surface area contributed by atoms with Gasteiger partial charge in [-0.2, -0.15) is 0 Å². The van der Waals surface area contributed by atoms with Gasteiger partial charge in [-0.15, -0.1) is 0 Å². The van der Waals surface area contributed by atoms with Crippen LogP contribution in [0.4, 0.5) is 0 Å². The predicted octanol–water partition coefficient (Wildman–Crippen LogP) is 3.93. The molecule has 0 aromatic heterocycles. The highest BCUT2D eigenvalue weighted by Gasteiger charge is 2.38. The van der Waals surface area contributed by atoms with E-state index in [2.05, 4.69) is 27.6 Å². The largest absolute Gasteiger partial charge is 0.241 e. The Hall–Kier alpha value is -0.390. The van der Waals surface area contributed by atoms with Crippen molar-refractivity contribution in [3.63, 3.8) is 0 Å². The molecule has 118 valence electrons. The van der Waals surface area contributed by atoms with Crippen LogP contribution in [0.5, 0.6) is 0 Å². The summed E-state index contributed by atoms with van der Waals surface area (Å²) >= 11 is 3.53. The summed E-state index contributed by atoms with van der Waals surface area (Å²) in [6.45, 7) is 5.96. The molecule has 0 heterocycles. The molecule has 1 aromatic carbocycles. The van der Waals surface area contributed by atoms with Gasteiger partial charge in [-0.1, -0.05) is 47.8 Å². The summed E-state index contributed by atoms with van der Waals surface area (Å²) in [7, 11) is -3.49. The van der Waals surface area contributed by atoms with Gasteiger partial charge in [-0.25, -0.2) is 13.1 Å². The highest BCUT2D eigenvalue weighted by Crippen LogP contribution is 2.35. The average molecular weight is 374 g/mol. The number of hydrogen-bond acceptors (Lipinski definition) is 2. The van der Waals surface area contributed by atoms with Crippen LogP contribution in [-0.4, -0.2) is 19.3 Å². The van der Waals surface area contributed by atoms with Gasteiger partial charge in [0.15, 0.2) is 0 Å². The summed E-state index contributed by atoms with van der Waals surface area (Å²) in [4.78, 5) is 0.404. The number of nitrogens with one attached hydrogen (secondary N) is 1. The number of hydrogen-bond donors (Lipinski definition) is 1. The van der Waals surface area contributed by atoms with Crippen molar-refractivity contribution in [1.29, 1.82) is 0 Å². The minimum atomic E-state index is -3.49. The lowest BCUT2D eigenvalue weighted by Crippen LogP contribution is -2.52. The topological polar surface area (TPSA) is 46.2 Å². The van der Waals surface area contributed by atoms with Crippen LogP contribution in [0.3, 0.4) is 0 Å². The second-order valence-corrected chi connectivity index (χ2v) is 8.70. The third-order valence-electron chi connectivity index (χ3n) is 4.33. The summed E-state index contributed by atoms with van der Waals surface area (Å²) in [5, 5.41) is 0.661. The van der Waals surface area contributed by atoms with Crippen molar-refractivity contribution in [2.45, 2.75) is 56.9 Å². The van der Waals surface area contributed by atoms with Gasteiger partial charge in [0.1, 0.15) is 0 Å². The second-order valence-electron chi connectivity index (χ2n) is 6.49. The molecular weight excluding hydrogens is 350 g/mol. The molecule has 1 aromatic rings. The standard InChI is InChI=1S/C16H24BrNO2S/c1-12-6-7-14(3)15(9-12)21(19,20)18-16(11-17)8-4-5-13(2)10-16/h6-7,9,13,18H,4-5,8,10-11H2,1-3H3. The monoisotopic (exact) mass is 373 g/mol. The Bertz CT molecular complexity index is 615. The normalized spacial score (nSPS) is 26.8. The molecule has 0 aliphatic heterocycles. The van der Waals surface area contributed by atoms with Crippen molar-refractivity contribution < 1.29 is 8.42 Å². The van der Waals surface area contributed by atoms with Crippen LogP contribution in [0.1, 0.15) is 43.7 Å². The Morgan fingerprint density at radius 2 is 2.10 bits per heavy atom. The maximum Gasteiger partial charge on any atom is 0.241 e. The summed E-state index contributed by atoms with van der Waals surface area (Å²) in [5.41, 5.74) is 1.40. The Labute approximate surface area is 136 Å². The van der Waals surface area contributed by atoms with Crippen molar-refractivity contribution in [2.24, 2.45) is 5.92 Å². The van der Waals surface area contributed by atoms with Gasteiger partial charge in [0.2, 0.25) is 10.0 Å². The zero-order valence-electron chi connectivity index (χ0n) is 12.9. The molecule has 1 aliphatic rings. The zero-order chi connectivity index (χ0) is 15.7. The molecule has 2 atom stereocenters. The van der Waals surface area contributed by atoms with Gasteiger partial charge < -0.3 is 0 Å². The first-order valence-corrected chi connectivity index (χ1v) is 10.1. The molecule has 21 heavy (non-hydrogen) atoms. The van der Waals surface area contributed by atoms with Crippen LogP contribution in [0.15, 0.2) is 23.1 Å². The van der Waals surface area contributed by atoms with Gasteiger partial charge in [0, 0.05) is 10.9 Å². The minimum Gasteiger partial charge on any atom is -0.207 e. The van der Waals surface area contributed by atoms with E-state index < -0.39 is 10.0 Å². The number of sulfonamides is 1. The SMILES string of the molecule is Cc1ccc(C)c(S(=O)(=O)NC2(CBr)CCCC(C)C2)c1. The Morgan fingerprint density at radius 3 is 2.71 bits per heavy atom. The molecule has 0 radical (unpaired) electrons. The van der Waals surface area contributed by atoms with E-state index in [-0.39, 0.29) is 5.54 Å². The molecule has 5 heteroatoms. The summed E-state index contributed by atoms with van der Waals surface area (Å²) in [6, 6.07) is 5.57. The number of halogens is 1. The van der Waals surface area contributed by atoms with Crippen LogP contribution in [0.2, 0.25) is 0 Å². The molecular formula is C16H24BrNO2S. The highest BCUT2D eigenvalue weighted by molar-refractivity contribution is 9.09. The first-order chi connectivity index (χ1) is 9.78. The molecule has 0 spiro atoms. The van der Waals surface area contributed by atoms with E-state index >= 15 is 0 Å². The first kappa shape index (κ1) is 17.0. The third kappa shape index (κ3) is 3.88. The molecule has 2 rings (SSSR count). The molecule has 1 N–H and O–H groups in total. The Balaban J connectivity index is 2.33. The smallest absolute Gasteiger partial charge is 0.207 e. The van der Waals surface area contributed by atoms with E-state index in [1.54, 1.807) is 6.07 Å². The van der Waals surface area contributed by atoms with E-state index in [1.165, 1.54) is 6.42 Å². The second kappa shape index (κ2) is 6.39. The highest BCUT2D eigenvalue weighted by atomic mass is 79.9. The maximum absolute atomic E-state index is 12.8. The lowest BCUT2D eigenvalue weighted by atomic mass is 9.78. The third-order valence-corrected chi connectivity index (χ3v) is 7.13. The maximum atomic E-state index is 12.8. The molecule has 0 saturated heterocycles. The fraction of sp³-hybridized carbons (Fsp3) is 0.625. The number of aryl methyl sites for hydroxylation is 2. The van der Waals surface area contributed by atoms with E-state index in [1.807, 2.05) is 26.0 Å². The van der Waals surface area contributed by atoms with Gasteiger partial charge in [0.25, 0.3) is 0 Å². The van der Waals surface area contributed by atoms with Crippen LogP contribution >= 0.6 is 15.9 Å². The fourth-order valence-corrected chi connectivity index (χ4v) is 5.84. The lowest BCUT2D eigenvalue weighted by molar-refractivity contribution is 0.241. The van der Waals surface area contributed by atoms with Crippen molar-refractivity contribution in [3.05, 3.63) is 29.3 Å². The molecule has 1 aliphatic carbocycles. The van der Waals surface area contributed by atoms with Crippen LogP contribution < -0.4 is 4.72 Å². The number of benzene rings is 1. The van der Waals surface area contributed by atoms with Crippen molar-refractivity contribution >= 4 is 26.0 Å². The summed E-state index contributed by atoms with van der Waals surface area (Å²) in [6.07, 6.45) is 4.04. The van der Waals surface area contributed by atoms with Crippen molar-refractivity contribution in [3.8, 4) is 0 Å². The summed E-state index contributed by atoms with van der Waals surface area (Å²) < 4.78 is 28.6. The van der Waals surface area contributed by atoms with Crippen LogP contribution in [0, 0.1) is 19.8 Å². The van der Waals surface area contributed by atoms with E-state index in [0.717, 1.165) is 30.4 Å². The fourth-order valence-electron chi connectivity index (χ4n) is 3.24. The molecule has 2 unspecified atom stereocenters. The molecule has 1 saturated carbocycles. The molecule has 0 amide bonds. The van der Waals surface area contributed by atoms with Crippen molar-refractivity contribution in [1.82, 2.24) is 4.72 Å². The molecule has 0 bridgehead atoms. The van der Waals surface area contributed by atoms with Gasteiger partial charge in [-0.05, 0) is 49.8 Å². The van der Waals surface area contributed by atoms with Gasteiger partial charge >= 0.3 is 0 Å². The minimum absolute atomic E-state index is 0.354. The zero-order valence-corrected chi connectivity index (χ0v) is 15.4. The summed E-state index contributed by atoms with van der Waals surface area (Å²) in [5.74, 6) is 0.553. The Morgan fingerprint density at radius 1 is 1.38 bits per heavy atom. The molecule has 3 nitrogen and oxygen atoms in total. The van der Waals surface area contributed by atoms with E-state index in [0.29, 0.717) is 16.1 Å². The molecule has 1 fully saturated rings. The Kier molecular flexibility index (Phi) is 5.16. The lowest BCUT2D eigenvalue weighted by Gasteiger charge is -2.39. The van der Waals surface area contributed by atoms with Gasteiger partial charge in [0.05, 0.1) is 4.90 Å². The van der Waals surface area contributed by atoms with Crippen molar-refractivity contribution in [2.75, 3.05) is 5.33 Å². The van der Waals surface area contributed by atoms with Gasteiger partial charge in [-0.3, -0.25) is 0 Å². The quantitative estimate of drug-likeness (QED) is 0.812. The average Bonchev–Trinajstić information content (AvgIpc) is 2.41. The van der Waals surface area contributed by atoms with E-state index in [9.17, 15) is 8.42 Å². The van der Waals surface area contributed by atoms with Crippen LogP contribution in [0.25, 0.3) is 0 Å². The van der Waals surface area contributed by atoms with E-state index in [4.69, 9.17) is 0 Å². The first-order valence-electron chi connectivity index (χ1n) is 7.45. The number of rotatable bonds is 4. The predicted molar refractivity (Wildman–Crippen MR) is 90.4 cm³/mol. The number of alkyl halides is 1.